The number of likely N-dealkylation sites (tertiary alicyclic amines) is 1. The molecule has 118 valence electrons. The lowest BCUT2D eigenvalue weighted by Crippen LogP contribution is -2.24. The number of hydrogen-bond donors (Lipinski definition) is 0. The molecule has 1 atom stereocenters. The average molecular weight is 306 g/mol. The Balaban J connectivity index is 2.05. The summed E-state index contributed by atoms with van der Waals surface area (Å²) in [5.74, 6) is -0.643. The van der Waals surface area contributed by atoms with Crippen molar-refractivity contribution in [3.63, 3.8) is 0 Å². The molecule has 1 unspecified atom stereocenters. The topological polar surface area (TPSA) is 62.6 Å². The summed E-state index contributed by atoms with van der Waals surface area (Å²) in [6.45, 7) is 4.04. The van der Waals surface area contributed by atoms with Crippen LogP contribution in [0, 0.1) is 23.1 Å². The van der Waals surface area contributed by atoms with E-state index in [1.807, 2.05) is 0 Å². The van der Waals surface area contributed by atoms with Crippen molar-refractivity contribution in [2.45, 2.75) is 19.9 Å². The summed E-state index contributed by atoms with van der Waals surface area (Å²) in [4.78, 5) is 13.8. The molecule has 1 fully saturated rings. The van der Waals surface area contributed by atoms with Gasteiger partial charge >= 0.3 is 5.97 Å². The molecule has 0 radical (unpaired) electrons. The van der Waals surface area contributed by atoms with Crippen molar-refractivity contribution < 1.29 is 18.7 Å². The van der Waals surface area contributed by atoms with Crippen molar-refractivity contribution in [2.24, 2.45) is 5.92 Å². The molecular weight excluding hydrogens is 287 g/mol. The summed E-state index contributed by atoms with van der Waals surface area (Å²) < 4.78 is 24.0. The Hall–Kier alpha value is -2.13. The van der Waals surface area contributed by atoms with Crippen LogP contribution in [-0.2, 0) is 16.1 Å². The molecule has 1 heterocycles. The van der Waals surface area contributed by atoms with Gasteiger partial charge in [-0.3, -0.25) is 9.69 Å². The predicted octanol–water partition coefficient (Wildman–Crippen LogP) is 2.09. The molecule has 0 N–H and O–H groups in total. The summed E-state index contributed by atoms with van der Waals surface area (Å²) in [5, 5.41) is 8.92. The second-order valence-corrected chi connectivity index (χ2v) is 5.24. The smallest absolute Gasteiger partial charge is 0.310 e. The van der Waals surface area contributed by atoms with Gasteiger partial charge in [-0.15, -0.1) is 0 Å². The largest absolute Gasteiger partial charge is 0.495 e. The molecule has 0 spiro atoms. The number of benzene rings is 1. The lowest BCUT2D eigenvalue weighted by Gasteiger charge is -2.16. The fourth-order valence-electron chi connectivity index (χ4n) is 2.68. The van der Waals surface area contributed by atoms with Crippen LogP contribution in [0.2, 0.25) is 0 Å². The van der Waals surface area contributed by atoms with Crippen LogP contribution in [0.1, 0.15) is 24.5 Å². The second kappa shape index (κ2) is 7.23. The minimum Gasteiger partial charge on any atom is -0.495 e. The fraction of sp³-hybridized carbons (Fsp3) is 0.500. The lowest BCUT2D eigenvalue weighted by molar-refractivity contribution is -0.147. The van der Waals surface area contributed by atoms with Crippen molar-refractivity contribution in [1.82, 2.24) is 4.90 Å². The van der Waals surface area contributed by atoms with Gasteiger partial charge < -0.3 is 9.47 Å². The first-order valence-corrected chi connectivity index (χ1v) is 7.24. The molecule has 6 heteroatoms. The van der Waals surface area contributed by atoms with Gasteiger partial charge in [-0.2, -0.15) is 5.26 Å². The standard InChI is InChI=1S/C16H19FN2O3/c1-3-22-16(20)12-4-5-19(10-12)9-11-6-14(17)13(8-18)15(7-11)21-2/h6-7,12H,3-5,9-10H2,1-2H3. The van der Waals surface area contributed by atoms with E-state index in [1.54, 1.807) is 19.1 Å². The van der Waals surface area contributed by atoms with Crippen LogP contribution in [-0.4, -0.2) is 37.7 Å². The number of carbonyl (C=O) groups is 1. The molecule has 1 aliphatic heterocycles. The van der Waals surface area contributed by atoms with E-state index in [0.29, 0.717) is 19.7 Å². The highest BCUT2D eigenvalue weighted by atomic mass is 19.1. The lowest BCUT2D eigenvalue weighted by atomic mass is 10.1. The second-order valence-electron chi connectivity index (χ2n) is 5.24. The van der Waals surface area contributed by atoms with Gasteiger partial charge in [0, 0.05) is 13.1 Å². The van der Waals surface area contributed by atoms with E-state index in [9.17, 15) is 9.18 Å². The zero-order chi connectivity index (χ0) is 16.1. The third-order valence-corrected chi connectivity index (χ3v) is 3.74. The molecule has 0 aromatic heterocycles. The number of methoxy groups -OCH3 is 1. The Morgan fingerprint density at radius 1 is 1.55 bits per heavy atom. The summed E-state index contributed by atoms with van der Waals surface area (Å²) in [7, 11) is 1.41. The highest BCUT2D eigenvalue weighted by Crippen LogP contribution is 2.26. The van der Waals surface area contributed by atoms with Gasteiger partial charge in [-0.25, -0.2) is 4.39 Å². The first-order valence-electron chi connectivity index (χ1n) is 7.24. The van der Waals surface area contributed by atoms with E-state index in [2.05, 4.69) is 4.90 Å². The third-order valence-electron chi connectivity index (χ3n) is 3.74. The van der Waals surface area contributed by atoms with E-state index in [1.165, 1.54) is 13.2 Å². The maximum atomic E-state index is 13.9. The molecule has 0 amide bonds. The SMILES string of the molecule is CCOC(=O)C1CCN(Cc2cc(F)c(C#N)c(OC)c2)C1. The molecule has 22 heavy (non-hydrogen) atoms. The Kier molecular flexibility index (Phi) is 5.34. The molecule has 1 saturated heterocycles. The van der Waals surface area contributed by atoms with Crippen LogP contribution in [0.5, 0.6) is 5.75 Å². The van der Waals surface area contributed by atoms with Gasteiger partial charge in [0.15, 0.2) is 0 Å². The number of rotatable bonds is 5. The van der Waals surface area contributed by atoms with Gasteiger partial charge in [-0.1, -0.05) is 0 Å². The molecule has 1 aromatic rings. The highest BCUT2D eigenvalue weighted by Gasteiger charge is 2.29. The van der Waals surface area contributed by atoms with E-state index >= 15 is 0 Å². The van der Waals surface area contributed by atoms with Crippen LogP contribution in [0.3, 0.4) is 0 Å². The Morgan fingerprint density at radius 3 is 2.95 bits per heavy atom. The molecule has 5 nitrogen and oxygen atoms in total. The van der Waals surface area contributed by atoms with Gasteiger partial charge in [0.1, 0.15) is 23.2 Å². The molecule has 0 aliphatic carbocycles. The number of ether oxygens (including phenoxy) is 2. The Bertz CT molecular complexity index is 598. The molecule has 0 bridgehead atoms. The molecule has 1 aliphatic rings. The van der Waals surface area contributed by atoms with Crippen LogP contribution >= 0.6 is 0 Å². The highest BCUT2D eigenvalue weighted by molar-refractivity contribution is 5.73. The van der Waals surface area contributed by atoms with Crippen molar-refractivity contribution >= 4 is 5.97 Å². The van der Waals surface area contributed by atoms with Crippen LogP contribution in [0.25, 0.3) is 0 Å². The van der Waals surface area contributed by atoms with Crippen LogP contribution < -0.4 is 4.74 Å². The van der Waals surface area contributed by atoms with Gasteiger partial charge in [0.25, 0.3) is 0 Å². The number of nitrogens with zero attached hydrogens (tertiary/aromatic N) is 2. The molecule has 0 saturated carbocycles. The van der Waals surface area contributed by atoms with Crippen LogP contribution in [0.4, 0.5) is 4.39 Å². The maximum absolute atomic E-state index is 13.9. The fourth-order valence-corrected chi connectivity index (χ4v) is 2.68. The predicted molar refractivity (Wildman–Crippen MR) is 77.7 cm³/mol. The van der Waals surface area contributed by atoms with Crippen molar-refractivity contribution in [3.8, 4) is 11.8 Å². The minimum atomic E-state index is -0.585. The van der Waals surface area contributed by atoms with Crippen LogP contribution in [0.15, 0.2) is 12.1 Å². The number of halogens is 1. The first-order chi connectivity index (χ1) is 10.6. The Morgan fingerprint density at radius 2 is 2.32 bits per heavy atom. The zero-order valence-corrected chi connectivity index (χ0v) is 12.8. The third kappa shape index (κ3) is 3.55. The summed E-state index contributed by atoms with van der Waals surface area (Å²) in [6, 6.07) is 4.81. The van der Waals surface area contributed by atoms with E-state index < -0.39 is 5.82 Å². The monoisotopic (exact) mass is 306 g/mol. The number of esters is 1. The van der Waals surface area contributed by atoms with Crippen molar-refractivity contribution in [1.29, 1.82) is 5.26 Å². The normalized spacial score (nSPS) is 18.0. The van der Waals surface area contributed by atoms with Crippen molar-refractivity contribution in [2.75, 3.05) is 26.8 Å². The zero-order valence-electron chi connectivity index (χ0n) is 12.8. The minimum absolute atomic E-state index is 0.0860. The quantitative estimate of drug-likeness (QED) is 0.780. The summed E-state index contributed by atoms with van der Waals surface area (Å²) in [6.07, 6.45) is 0.745. The van der Waals surface area contributed by atoms with E-state index in [0.717, 1.165) is 18.5 Å². The van der Waals surface area contributed by atoms with Crippen molar-refractivity contribution in [3.05, 3.63) is 29.1 Å². The number of nitriles is 1. The van der Waals surface area contributed by atoms with Gasteiger partial charge in [0.05, 0.1) is 19.6 Å². The molecule has 1 aromatic carbocycles. The average Bonchev–Trinajstić information content (AvgIpc) is 2.95. The summed E-state index contributed by atoms with van der Waals surface area (Å²) in [5.41, 5.74) is 0.634. The maximum Gasteiger partial charge on any atom is 0.310 e. The summed E-state index contributed by atoms with van der Waals surface area (Å²) >= 11 is 0. The van der Waals surface area contributed by atoms with Gasteiger partial charge in [0.2, 0.25) is 0 Å². The number of hydrogen-bond acceptors (Lipinski definition) is 5. The van der Waals surface area contributed by atoms with E-state index in [4.69, 9.17) is 14.7 Å². The number of carbonyl (C=O) groups excluding carboxylic acids is 1. The van der Waals surface area contributed by atoms with Gasteiger partial charge in [-0.05, 0) is 37.6 Å². The molecule has 2 rings (SSSR count). The first kappa shape index (κ1) is 16.2. The molecular formula is C16H19FN2O3. The Labute approximate surface area is 129 Å². The van der Waals surface area contributed by atoms with E-state index in [-0.39, 0.29) is 23.2 Å².